The van der Waals surface area contributed by atoms with E-state index in [1.54, 1.807) is 12.1 Å². The van der Waals surface area contributed by atoms with E-state index in [4.69, 9.17) is 5.26 Å². The second kappa shape index (κ2) is 5.83. The highest BCUT2D eigenvalue weighted by atomic mass is 19.1. The van der Waals surface area contributed by atoms with Crippen LogP contribution in [0.1, 0.15) is 31.7 Å². The normalized spacial score (nSPS) is 20.4. The molecule has 18 heavy (non-hydrogen) atoms. The van der Waals surface area contributed by atoms with Crippen LogP contribution in [-0.2, 0) is 0 Å². The molecule has 2 N–H and O–H groups in total. The molecule has 1 saturated heterocycles. The number of nitriles is 1. The van der Waals surface area contributed by atoms with Crippen LogP contribution in [0.4, 0.5) is 10.1 Å². The average Bonchev–Trinajstić information content (AvgIpc) is 2.84. The largest absolute Gasteiger partial charge is 0.382 e. The monoisotopic (exact) mass is 247 g/mol. The highest BCUT2D eigenvalue weighted by Gasteiger charge is 2.17. The van der Waals surface area contributed by atoms with E-state index in [2.05, 4.69) is 17.6 Å². The van der Waals surface area contributed by atoms with E-state index < -0.39 is 5.82 Å². The zero-order chi connectivity index (χ0) is 13.0. The van der Waals surface area contributed by atoms with Gasteiger partial charge in [-0.15, -0.1) is 0 Å². The van der Waals surface area contributed by atoms with Gasteiger partial charge in [-0.3, -0.25) is 0 Å². The smallest absolute Gasteiger partial charge is 0.141 e. The Balaban J connectivity index is 1.94. The molecule has 2 unspecified atom stereocenters. The summed E-state index contributed by atoms with van der Waals surface area (Å²) in [4.78, 5) is 0. The third-order valence-electron chi connectivity index (χ3n) is 3.30. The number of halogens is 1. The van der Waals surface area contributed by atoms with Crippen molar-refractivity contribution in [3.05, 3.63) is 29.6 Å². The molecule has 0 amide bonds. The van der Waals surface area contributed by atoms with E-state index in [-0.39, 0.29) is 5.56 Å². The predicted octanol–water partition coefficient (Wildman–Crippen LogP) is 2.64. The third-order valence-corrected chi connectivity index (χ3v) is 3.30. The van der Waals surface area contributed by atoms with Crippen LogP contribution in [0.15, 0.2) is 18.2 Å². The molecule has 0 radical (unpaired) electrons. The molecule has 96 valence electrons. The lowest BCUT2D eigenvalue weighted by Gasteiger charge is -2.19. The predicted molar refractivity (Wildman–Crippen MR) is 69.8 cm³/mol. The molecular weight excluding hydrogens is 229 g/mol. The summed E-state index contributed by atoms with van der Waals surface area (Å²) in [5.74, 6) is -0.465. The van der Waals surface area contributed by atoms with Gasteiger partial charge in [0.2, 0.25) is 0 Å². The topological polar surface area (TPSA) is 47.8 Å². The van der Waals surface area contributed by atoms with Gasteiger partial charge in [-0.25, -0.2) is 4.39 Å². The Kier molecular flexibility index (Phi) is 4.16. The lowest BCUT2D eigenvalue weighted by molar-refractivity contribution is 0.523. The Morgan fingerprint density at radius 1 is 1.61 bits per heavy atom. The minimum Gasteiger partial charge on any atom is -0.382 e. The molecular formula is C14H18FN3. The van der Waals surface area contributed by atoms with Crippen LogP contribution in [-0.4, -0.2) is 18.6 Å². The second-order valence-corrected chi connectivity index (χ2v) is 4.88. The standard InChI is InChI=1S/C14H18FN3/c1-10(7-12-3-2-6-17-12)18-13-4-5-14(15)11(8-13)9-16/h4-5,8,10,12,17-18H,2-3,6-7H2,1H3. The third kappa shape index (κ3) is 3.21. The van der Waals surface area contributed by atoms with E-state index in [9.17, 15) is 4.39 Å². The highest BCUT2D eigenvalue weighted by Crippen LogP contribution is 2.17. The quantitative estimate of drug-likeness (QED) is 0.860. The molecule has 0 saturated carbocycles. The van der Waals surface area contributed by atoms with Gasteiger partial charge < -0.3 is 10.6 Å². The van der Waals surface area contributed by atoms with E-state index in [0.717, 1.165) is 18.7 Å². The Morgan fingerprint density at radius 3 is 3.11 bits per heavy atom. The van der Waals surface area contributed by atoms with E-state index >= 15 is 0 Å². The van der Waals surface area contributed by atoms with Crippen LogP contribution < -0.4 is 10.6 Å². The maximum absolute atomic E-state index is 13.2. The summed E-state index contributed by atoms with van der Waals surface area (Å²) in [5, 5.41) is 15.5. The van der Waals surface area contributed by atoms with Crippen LogP contribution >= 0.6 is 0 Å². The number of hydrogen-bond acceptors (Lipinski definition) is 3. The minimum absolute atomic E-state index is 0.0891. The van der Waals surface area contributed by atoms with Crippen molar-refractivity contribution < 1.29 is 4.39 Å². The first-order valence-electron chi connectivity index (χ1n) is 6.38. The molecule has 1 aliphatic rings. The molecule has 0 aliphatic carbocycles. The fourth-order valence-corrected chi connectivity index (χ4v) is 2.43. The molecule has 1 fully saturated rings. The molecule has 3 nitrogen and oxygen atoms in total. The van der Waals surface area contributed by atoms with Crippen LogP contribution in [0.25, 0.3) is 0 Å². The fourth-order valence-electron chi connectivity index (χ4n) is 2.43. The summed E-state index contributed by atoms with van der Waals surface area (Å²) in [6.07, 6.45) is 3.50. The van der Waals surface area contributed by atoms with Crippen molar-refractivity contribution in [2.75, 3.05) is 11.9 Å². The summed E-state index contributed by atoms with van der Waals surface area (Å²) in [7, 11) is 0. The molecule has 1 aromatic carbocycles. The average molecular weight is 247 g/mol. The van der Waals surface area contributed by atoms with Gasteiger partial charge in [-0.05, 0) is 50.9 Å². The van der Waals surface area contributed by atoms with Crippen molar-refractivity contribution in [3.8, 4) is 6.07 Å². The first-order valence-corrected chi connectivity index (χ1v) is 6.38. The number of benzene rings is 1. The van der Waals surface area contributed by atoms with Crippen molar-refractivity contribution >= 4 is 5.69 Å². The summed E-state index contributed by atoms with van der Waals surface area (Å²) in [5.41, 5.74) is 0.893. The van der Waals surface area contributed by atoms with Gasteiger partial charge in [0, 0.05) is 17.8 Å². The molecule has 2 atom stereocenters. The lowest BCUT2D eigenvalue weighted by Crippen LogP contribution is -2.29. The Hall–Kier alpha value is -1.60. The van der Waals surface area contributed by atoms with Crippen molar-refractivity contribution in [1.82, 2.24) is 5.32 Å². The van der Waals surface area contributed by atoms with Gasteiger partial charge in [0.15, 0.2) is 0 Å². The van der Waals surface area contributed by atoms with Gasteiger partial charge in [-0.2, -0.15) is 5.26 Å². The molecule has 0 spiro atoms. The number of anilines is 1. The van der Waals surface area contributed by atoms with E-state index in [1.165, 1.54) is 18.9 Å². The number of nitrogens with one attached hydrogen (secondary N) is 2. The van der Waals surface area contributed by atoms with Crippen molar-refractivity contribution in [2.24, 2.45) is 0 Å². The molecule has 0 aromatic heterocycles. The maximum Gasteiger partial charge on any atom is 0.141 e. The lowest BCUT2D eigenvalue weighted by atomic mass is 10.1. The first-order chi connectivity index (χ1) is 8.69. The molecule has 4 heteroatoms. The summed E-state index contributed by atoms with van der Waals surface area (Å²) < 4.78 is 13.2. The summed E-state index contributed by atoms with van der Waals surface area (Å²) in [6.45, 7) is 3.21. The minimum atomic E-state index is -0.465. The summed E-state index contributed by atoms with van der Waals surface area (Å²) in [6, 6.07) is 7.30. The van der Waals surface area contributed by atoms with Gasteiger partial charge in [0.1, 0.15) is 11.9 Å². The molecule has 1 aromatic rings. The zero-order valence-corrected chi connectivity index (χ0v) is 10.5. The molecule has 1 heterocycles. The maximum atomic E-state index is 13.2. The van der Waals surface area contributed by atoms with Gasteiger partial charge in [0.25, 0.3) is 0 Å². The zero-order valence-electron chi connectivity index (χ0n) is 10.5. The number of nitrogens with zero attached hydrogens (tertiary/aromatic N) is 1. The molecule has 2 rings (SSSR count). The second-order valence-electron chi connectivity index (χ2n) is 4.88. The number of hydrogen-bond donors (Lipinski definition) is 2. The Labute approximate surface area is 107 Å². The van der Waals surface area contributed by atoms with Crippen molar-refractivity contribution in [1.29, 1.82) is 5.26 Å². The van der Waals surface area contributed by atoms with Crippen LogP contribution in [0.2, 0.25) is 0 Å². The Bertz CT molecular complexity index is 447. The number of rotatable bonds is 4. The van der Waals surface area contributed by atoms with E-state index in [0.29, 0.717) is 12.1 Å². The SMILES string of the molecule is CC(CC1CCCN1)Nc1ccc(F)c(C#N)c1. The molecule has 1 aliphatic heterocycles. The highest BCUT2D eigenvalue weighted by molar-refractivity contribution is 5.50. The van der Waals surface area contributed by atoms with Crippen molar-refractivity contribution in [3.63, 3.8) is 0 Å². The van der Waals surface area contributed by atoms with Gasteiger partial charge in [-0.1, -0.05) is 0 Å². The first kappa shape index (κ1) is 12.8. The van der Waals surface area contributed by atoms with Crippen LogP contribution in [0, 0.1) is 17.1 Å². The Morgan fingerprint density at radius 2 is 2.44 bits per heavy atom. The van der Waals surface area contributed by atoms with E-state index in [1.807, 2.05) is 6.07 Å². The van der Waals surface area contributed by atoms with Crippen LogP contribution in [0.5, 0.6) is 0 Å². The van der Waals surface area contributed by atoms with Crippen LogP contribution in [0.3, 0.4) is 0 Å². The molecule has 0 bridgehead atoms. The van der Waals surface area contributed by atoms with Gasteiger partial charge >= 0.3 is 0 Å². The summed E-state index contributed by atoms with van der Waals surface area (Å²) >= 11 is 0. The fraction of sp³-hybridized carbons (Fsp3) is 0.500. The van der Waals surface area contributed by atoms with Gasteiger partial charge in [0.05, 0.1) is 5.56 Å². The van der Waals surface area contributed by atoms with Crippen molar-refractivity contribution in [2.45, 2.75) is 38.3 Å².